The van der Waals surface area contributed by atoms with Crippen LogP contribution in [0.4, 0.5) is 0 Å². The van der Waals surface area contributed by atoms with Crippen LogP contribution in [0.5, 0.6) is 0 Å². The molecule has 1 fully saturated rings. The number of hydrogen-bond donors (Lipinski definition) is 0. The molecule has 0 aliphatic carbocycles. The lowest BCUT2D eigenvalue weighted by atomic mass is 9.96. The monoisotopic (exact) mass is 325 g/mol. The molecule has 1 aromatic carbocycles. The van der Waals surface area contributed by atoms with Gasteiger partial charge < -0.3 is 9.47 Å². The Morgan fingerprint density at radius 2 is 2.12 bits per heavy atom. The number of aromatic nitrogens is 2. The SMILES string of the molecule is Cc1ccc(CCC(=O)N2CCC[C@@H](c3nccn3C)C2)cc1C. The van der Waals surface area contributed by atoms with Crippen molar-refractivity contribution >= 4 is 5.91 Å². The molecule has 0 bridgehead atoms. The van der Waals surface area contributed by atoms with Crippen molar-refractivity contribution in [3.63, 3.8) is 0 Å². The van der Waals surface area contributed by atoms with E-state index in [1.165, 1.54) is 16.7 Å². The fraction of sp³-hybridized carbons (Fsp3) is 0.500. The second kappa shape index (κ2) is 7.20. The topological polar surface area (TPSA) is 38.1 Å². The number of amides is 1. The summed E-state index contributed by atoms with van der Waals surface area (Å²) < 4.78 is 2.08. The Morgan fingerprint density at radius 3 is 2.83 bits per heavy atom. The fourth-order valence-electron chi connectivity index (χ4n) is 3.55. The maximum atomic E-state index is 12.6. The second-order valence-electron chi connectivity index (χ2n) is 6.99. The van der Waals surface area contributed by atoms with Crippen molar-refractivity contribution < 1.29 is 4.79 Å². The number of nitrogens with zero attached hydrogens (tertiary/aromatic N) is 3. The predicted octanol–water partition coefficient (Wildman–Crippen LogP) is 3.38. The lowest BCUT2D eigenvalue weighted by molar-refractivity contribution is -0.132. The van der Waals surface area contributed by atoms with Crippen molar-refractivity contribution in [1.29, 1.82) is 0 Å². The van der Waals surface area contributed by atoms with Gasteiger partial charge in [-0.3, -0.25) is 4.79 Å². The van der Waals surface area contributed by atoms with Gasteiger partial charge in [0.05, 0.1) is 0 Å². The summed E-state index contributed by atoms with van der Waals surface area (Å²) in [4.78, 5) is 19.1. The number of carbonyl (C=O) groups excluding carboxylic acids is 1. The first-order valence-corrected chi connectivity index (χ1v) is 8.85. The minimum absolute atomic E-state index is 0.270. The van der Waals surface area contributed by atoms with Crippen LogP contribution in [-0.2, 0) is 18.3 Å². The molecule has 0 unspecified atom stereocenters. The van der Waals surface area contributed by atoms with Crippen molar-refractivity contribution in [2.24, 2.45) is 7.05 Å². The number of benzene rings is 1. The van der Waals surface area contributed by atoms with Crippen LogP contribution in [0.1, 0.15) is 47.7 Å². The summed E-state index contributed by atoms with van der Waals surface area (Å²) >= 11 is 0. The fourth-order valence-corrected chi connectivity index (χ4v) is 3.55. The third-order valence-corrected chi connectivity index (χ3v) is 5.20. The summed E-state index contributed by atoms with van der Waals surface area (Å²) in [7, 11) is 2.03. The quantitative estimate of drug-likeness (QED) is 0.864. The lowest BCUT2D eigenvalue weighted by Crippen LogP contribution is -2.39. The number of hydrogen-bond acceptors (Lipinski definition) is 2. The summed E-state index contributed by atoms with van der Waals surface area (Å²) in [5.41, 5.74) is 3.86. The molecule has 128 valence electrons. The third kappa shape index (κ3) is 3.69. The molecule has 0 radical (unpaired) electrons. The van der Waals surface area contributed by atoms with Crippen LogP contribution in [-0.4, -0.2) is 33.4 Å². The number of piperidine rings is 1. The molecule has 0 N–H and O–H groups in total. The molecule has 4 nitrogen and oxygen atoms in total. The van der Waals surface area contributed by atoms with E-state index in [2.05, 4.69) is 41.6 Å². The highest BCUT2D eigenvalue weighted by molar-refractivity contribution is 5.76. The number of imidazole rings is 1. The molecule has 1 saturated heterocycles. The normalized spacial score (nSPS) is 18.0. The number of likely N-dealkylation sites (tertiary alicyclic amines) is 1. The molecule has 1 aliphatic rings. The third-order valence-electron chi connectivity index (χ3n) is 5.20. The Morgan fingerprint density at radius 1 is 1.29 bits per heavy atom. The zero-order valence-corrected chi connectivity index (χ0v) is 15.0. The first-order valence-electron chi connectivity index (χ1n) is 8.85. The first-order chi connectivity index (χ1) is 11.5. The van der Waals surface area contributed by atoms with Crippen molar-refractivity contribution in [3.8, 4) is 0 Å². The van der Waals surface area contributed by atoms with Crippen LogP contribution in [0.3, 0.4) is 0 Å². The smallest absolute Gasteiger partial charge is 0.222 e. The van der Waals surface area contributed by atoms with E-state index >= 15 is 0 Å². The van der Waals surface area contributed by atoms with Crippen LogP contribution in [0.2, 0.25) is 0 Å². The molecule has 0 spiro atoms. The summed E-state index contributed by atoms with van der Waals surface area (Å²) in [5.74, 6) is 1.73. The van der Waals surface area contributed by atoms with Crippen molar-refractivity contribution in [2.45, 2.75) is 45.4 Å². The Labute approximate surface area is 144 Å². The first kappa shape index (κ1) is 16.7. The maximum Gasteiger partial charge on any atom is 0.222 e. The molecule has 4 heteroatoms. The van der Waals surface area contributed by atoms with Gasteiger partial charge in [0.15, 0.2) is 0 Å². The van der Waals surface area contributed by atoms with E-state index in [1.807, 2.05) is 24.3 Å². The van der Waals surface area contributed by atoms with E-state index in [9.17, 15) is 4.79 Å². The van der Waals surface area contributed by atoms with Crippen LogP contribution >= 0.6 is 0 Å². The van der Waals surface area contributed by atoms with Crippen LogP contribution < -0.4 is 0 Å². The van der Waals surface area contributed by atoms with Crippen LogP contribution in [0, 0.1) is 13.8 Å². The summed E-state index contributed by atoms with van der Waals surface area (Å²) in [6.07, 6.45) is 7.42. The van der Waals surface area contributed by atoms with E-state index in [0.29, 0.717) is 12.3 Å². The molecule has 24 heavy (non-hydrogen) atoms. The van der Waals surface area contributed by atoms with Gasteiger partial charge in [-0.25, -0.2) is 4.98 Å². The van der Waals surface area contributed by atoms with E-state index in [1.54, 1.807) is 0 Å². The standard InChI is InChI=1S/C20H27N3O/c1-15-6-7-17(13-16(15)2)8-9-19(24)23-11-4-5-18(14-23)20-21-10-12-22(20)3/h6-7,10,12-13,18H,4-5,8-9,11,14H2,1-3H3/t18-/m1/s1. The average Bonchev–Trinajstić information content (AvgIpc) is 3.02. The summed E-state index contributed by atoms with van der Waals surface area (Å²) in [6, 6.07) is 6.49. The highest BCUT2D eigenvalue weighted by atomic mass is 16.2. The highest BCUT2D eigenvalue weighted by Crippen LogP contribution is 2.26. The maximum absolute atomic E-state index is 12.6. The van der Waals surface area contributed by atoms with Gasteiger partial charge >= 0.3 is 0 Å². The Bertz CT molecular complexity index is 719. The van der Waals surface area contributed by atoms with Crippen molar-refractivity contribution in [1.82, 2.24) is 14.5 Å². The molecule has 1 aromatic heterocycles. The zero-order chi connectivity index (χ0) is 17.1. The van der Waals surface area contributed by atoms with Gasteiger partial charge in [0.1, 0.15) is 5.82 Å². The molecule has 1 atom stereocenters. The van der Waals surface area contributed by atoms with Gasteiger partial charge in [-0.2, -0.15) is 0 Å². The Hall–Kier alpha value is -2.10. The van der Waals surface area contributed by atoms with Crippen LogP contribution in [0.15, 0.2) is 30.6 Å². The van der Waals surface area contributed by atoms with Gasteiger partial charge in [-0.1, -0.05) is 18.2 Å². The van der Waals surface area contributed by atoms with Gasteiger partial charge in [0, 0.05) is 44.9 Å². The van der Waals surface area contributed by atoms with E-state index in [0.717, 1.165) is 38.2 Å². The van der Waals surface area contributed by atoms with E-state index < -0.39 is 0 Å². The number of aryl methyl sites for hydroxylation is 4. The summed E-state index contributed by atoms with van der Waals surface area (Å²) in [5, 5.41) is 0. The van der Waals surface area contributed by atoms with E-state index in [4.69, 9.17) is 0 Å². The van der Waals surface area contributed by atoms with Gasteiger partial charge in [-0.05, 0) is 49.8 Å². The molecular weight excluding hydrogens is 298 g/mol. The molecule has 1 amide bonds. The zero-order valence-electron chi connectivity index (χ0n) is 15.0. The molecule has 3 rings (SSSR count). The molecule has 0 saturated carbocycles. The minimum atomic E-state index is 0.270. The molecule has 2 heterocycles. The molecule has 1 aliphatic heterocycles. The van der Waals surface area contributed by atoms with Crippen LogP contribution in [0.25, 0.3) is 0 Å². The van der Waals surface area contributed by atoms with Crippen molar-refractivity contribution in [3.05, 3.63) is 53.1 Å². The lowest BCUT2D eigenvalue weighted by Gasteiger charge is -2.32. The van der Waals surface area contributed by atoms with Gasteiger partial charge in [-0.15, -0.1) is 0 Å². The Balaban J connectivity index is 1.58. The molecule has 2 aromatic rings. The second-order valence-corrected chi connectivity index (χ2v) is 6.99. The number of rotatable bonds is 4. The summed E-state index contributed by atoms with van der Waals surface area (Å²) in [6.45, 7) is 5.93. The predicted molar refractivity (Wildman–Crippen MR) is 96.0 cm³/mol. The number of carbonyl (C=O) groups is 1. The van der Waals surface area contributed by atoms with Crippen molar-refractivity contribution in [2.75, 3.05) is 13.1 Å². The van der Waals surface area contributed by atoms with E-state index in [-0.39, 0.29) is 5.91 Å². The largest absolute Gasteiger partial charge is 0.342 e. The minimum Gasteiger partial charge on any atom is -0.342 e. The van der Waals surface area contributed by atoms with Gasteiger partial charge in [0.25, 0.3) is 0 Å². The highest BCUT2D eigenvalue weighted by Gasteiger charge is 2.26. The van der Waals surface area contributed by atoms with Gasteiger partial charge in [0.2, 0.25) is 5.91 Å². The average molecular weight is 325 g/mol. The molecular formula is C20H27N3O. The Kier molecular flexibility index (Phi) is 5.03.